The van der Waals surface area contributed by atoms with E-state index in [1.807, 2.05) is 48.9 Å². The molecule has 0 unspecified atom stereocenters. The standard InChI is InChI=1S/C19H13Cl2N3/c20-17-4-1-5-18(21)16(17)8-14-11-24-19-15(14)7-13(10-23-19)12-3-2-6-22-9-12/h1-7,9-11H,8H2,(H,23,24). The topological polar surface area (TPSA) is 41.6 Å². The van der Waals surface area contributed by atoms with Gasteiger partial charge in [0, 0.05) is 57.8 Å². The summed E-state index contributed by atoms with van der Waals surface area (Å²) in [5, 5.41) is 2.41. The van der Waals surface area contributed by atoms with Gasteiger partial charge in [0.15, 0.2) is 0 Å². The number of nitrogens with zero attached hydrogens (tertiary/aromatic N) is 2. The van der Waals surface area contributed by atoms with Crippen LogP contribution in [0, 0.1) is 0 Å². The molecule has 0 aliphatic heterocycles. The van der Waals surface area contributed by atoms with Crippen molar-refractivity contribution in [1.82, 2.24) is 15.0 Å². The number of nitrogens with one attached hydrogen (secondary N) is 1. The van der Waals surface area contributed by atoms with E-state index in [4.69, 9.17) is 23.2 Å². The lowest BCUT2D eigenvalue weighted by Crippen LogP contribution is -1.90. The van der Waals surface area contributed by atoms with Crippen molar-refractivity contribution in [2.75, 3.05) is 0 Å². The van der Waals surface area contributed by atoms with Gasteiger partial charge in [-0.15, -0.1) is 0 Å². The van der Waals surface area contributed by atoms with Gasteiger partial charge in [0.2, 0.25) is 0 Å². The molecule has 0 aliphatic carbocycles. The van der Waals surface area contributed by atoms with Crippen LogP contribution in [0.2, 0.25) is 10.0 Å². The third kappa shape index (κ3) is 2.77. The Morgan fingerprint density at radius 3 is 2.54 bits per heavy atom. The monoisotopic (exact) mass is 353 g/mol. The van der Waals surface area contributed by atoms with E-state index >= 15 is 0 Å². The van der Waals surface area contributed by atoms with E-state index in [9.17, 15) is 0 Å². The smallest absolute Gasteiger partial charge is 0.137 e. The molecule has 0 saturated carbocycles. The van der Waals surface area contributed by atoms with Crippen LogP contribution in [0.1, 0.15) is 11.1 Å². The minimum Gasteiger partial charge on any atom is -0.346 e. The van der Waals surface area contributed by atoms with Crippen molar-refractivity contribution in [3.05, 3.63) is 82.4 Å². The predicted octanol–water partition coefficient (Wildman–Crippen LogP) is 5.52. The third-order valence-corrected chi connectivity index (χ3v) is 4.75. The summed E-state index contributed by atoms with van der Waals surface area (Å²) in [7, 11) is 0. The van der Waals surface area contributed by atoms with E-state index in [0.717, 1.165) is 33.3 Å². The second-order valence-electron chi connectivity index (χ2n) is 5.55. The van der Waals surface area contributed by atoms with Crippen molar-refractivity contribution < 1.29 is 0 Å². The molecular weight excluding hydrogens is 341 g/mol. The Morgan fingerprint density at radius 1 is 0.958 bits per heavy atom. The highest BCUT2D eigenvalue weighted by Gasteiger charge is 2.12. The van der Waals surface area contributed by atoms with E-state index in [1.54, 1.807) is 6.20 Å². The van der Waals surface area contributed by atoms with Gasteiger partial charge in [-0.3, -0.25) is 4.98 Å². The number of H-pyrrole nitrogens is 1. The molecule has 4 rings (SSSR count). The lowest BCUT2D eigenvalue weighted by molar-refractivity contribution is 1.21. The molecule has 1 N–H and O–H groups in total. The van der Waals surface area contributed by atoms with Gasteiger partial charge in [0.05, 0.1) is 0 Å². The van der Waals surface area contributed by atoms with Crippen LogP contribution in [0.3, 0.4) is 0 Å². The van der Waals surface area contributed by atoms with Crippen molar-refractivity contribution >= 4 is 34.2 Å². The van der Waals surface area contributed by atoms with Crippen LogP contribution < -0.4 is 0 Å². The van der Waals surface area contributed by atoms with Gasteiger partial charge < -0.3 is 4.98 Å². The van der Waals surface area contributed by atoms with E-state index in [0.29, 0.717) is 16.5 Å². The zero-order valence-electron chi connectivity index (χ0n) is 12.6. The highest BCUT2D eigenvalue weighted by Crippen LogP contribution is 2.30. The van der Waals surface area contributed by atoms with Crippen LogP contribution in [0.5, 0.6) is 0 Å². The minimum atomic E-state index is 0.649. The molecule has 1 aromatic carbocycles. The number of fused-ring (bicyclic) bond motifs is 1. The summed E-state index contributed by atoms with van der Waals surface area (Å²) in [6, 6.07) is 11.6. The maximum Gasteiger partial charge on any atom is 0.137 e. The lowest BCUT2D eigenvalue weighted by Gasteiger charge is -2.06. The van der Waals surface area contributed by atoms with E-state index in [2.05, 4.69) is 21.0 Å². The van der Waals surface area contributed by atoms with Gasteiger partial charge in [-0.05, 0) is 35.4 Å². The summed E-state index contributed by atoms with van der Waals surface area (Å²) in [6.45, 7) is 0. The quantitative estimate of drug-likeness (QED) is 0.526. The first-order chi connectivity index (χ1) is 11.7. The zero-order chi connectivity index (χ0) is 16.5. The SMILES string of the molecule is Clc1cccc(Cl)c1Cc1c[nH]c2ncc(-c3cccnc3)cc12. The first-order valence-electron chi connectivity index (χ1n) is 7.51. The Morgan fingerprint density at radius 2 is 1.79 bits per heavy atom. The molecule has 0 amide bonds. The fourth-order valence-electron chi connectivity index (χ4n) is 2.79. The molecule has 0 aliphatic rings. The Labute approximate surface area is 149 Å². The maximum atomic E-state index is 6.31. The molecule has 3 nitrogen and oxygen atoms in total. The van der Waals surface area contributed by atoms with Crippen LogP contribution in [0.4, 0.5) is 0 Å². The molecule has 0 saturated heterocycles. The highest BCUT2D eigenvalue weighted by atomic mass is 35.5. The largest absolute Gasteiger partial charge is 0.346 e. The molecule has 0 fully saturated rings. The van der Waals surface area contributed by atoms with Crippen LogP contribution in [0.25, 0.3) is 22.2 Å². The van der Waals surface area contributed by atoms with Crippen LogP contribution in [-0.2, 0) is 6.42 Å². The van der Waals surface area contributed by atoms with Gasteiger partial charge in [-0.1, -0.05) is 35.3 Å². The summed E-state index contributed by atoms with van der Waals surface area (Å²) in [5.74, 6) is 0. The average molecular weight is 354 g/mol. The summed E-state index contributed by atoms with van der Waals surface area (Å²) < 4.78 is 0. The maximum absolute atomic E-state index is 6.31. The number of rotatable bonds is 3. The van der Waals surface area contributed by atoms with Gasteiger partial charge in [-0.2, -0.15) is 0 Å². The van der Waals surface area contributed by atoms with Gasteiger partial charge in [-0.25, -0.2) is 4.98 Å². The molecule has 24 heavy (non-hydrogen) atoms. The molecule has 5 heteroatoms. The predicted molar refractivity (Wildman–Crippen MR) is 98.6 cm³/mol. The first-order valence-corrected chi connectivity index (χ1v) is 8.27. The van der Waals surface area contributed by atoms with E-state index in [1.165, 1.54) is 0 Å². The number of hydrogen-bond donors (Lipinski definition) is 1. The average Bonchev–Trinajstić information content (AvgIpc) is 3.01. The Hall–Kier alpha value is -2.36. The molecule has 0 bridgehead atoms. The Balaban J connectivity index is 1.79. The van der Waals surface area contributed by atoms with Gasteiger partial charge in [0.1, 0.15) is 5.65 Å². The zero-order valence-corrected chi connectivity index (χ0v) is 14.1. The Bertz CT molecular complexity index is 989. The number of aromatic amines is 1. The fourth-order valence-corrected chi connectivity index (χ4v) is 3.32. The summed E-state index contributed by atoms with van der Waals surface area (Å²) in [6.07, 6.45) is 8.06. The molecule has 0 atom stereocenters. The van der Waals surface area contributed by atoms with Crippen molar-refractivity contribution in [3.63, 3.8) is 0 Å². The van der Waals surface area contributed by atoms with Crippen molar-refractivity contribution in [1.29, 1.82) is 0 Å². The molecule has 4 aromatic rings. The number of hydrogen-bond acceptors (Lipinski definition) is 2. The third-order valence-electron chi connectivity index (χ3n) is 4.04. The highest BCUT2D eigenvalue weighted by molar-refractivity contribution is 6.36. The van der Waals surface area contributed by atoms with Crippen LogP contribution >= 0.6 is 23.2 Å². The summed E-state index contributed by atoms with van der Waals surface area (Å²) in [4.78, 5) is 11.9. The van der Waals surface area contributed by atoms with Crippen molar-refractivity contribution in [2.45, 2.75) is 6.42 Å². The Kier molecular flexibility index (Phi) is 3.97. The molecular formula is C19H13Cl2N3. The van der Waals surface area contributed by atoms with Gasteiger partial charge >= 0.3 is 0 Å². The second kappa shape index (κ2) is 6.27. The lowest BCUT2D eigenvalue weighted by atomic mass is 10.0. The summed E-state index contributed by atoms with van der Waals surface area (Å²) in [5.41, 5.74) is 4.95. The van der Waals surface area contributed by atoms with Crippen LogP contribution in [-0.4, -0.2) is 15.0 Å². The minimum absolute atomic E-state index is 0.649. The second-order valence-corrected chi connectivity index (χ2v) is 6.37. The van der Waals surface area contributed by atoms with Crippen molar-refractivity contribution in [2.24, 2.45) is 0 Å². The number of benzene rings is 1. The number of pyridine rings is 2. The number of halogens is 2. The van der Waals surface area contributed by atoms with Gasteiger partial charge in [0.25, 0.3) is 0 Å². The molecule has 3 heterocycles. The first kappa shape index (κ1) is 15.2. The summed E-state index contributed by atoms with van der Waals surface area (Å²) >= 11 is 12.6. The van der Waals surface area contributed by atoms with E-state index < -0.39 is 0 Å². The molecule has 118 valence electrons. The van der Waals surface area contributed by atoms with Crippen molar-refractivity contribution in [3.8, 4) is 11.1 Å². The molecule has 3 aromatic heterocycles. The molecule has 0 spiro atoms. The molecule has 0 radical (unpaired) electrons. The normalized spacial score (nSPS) is 11.1. The van der Waals surface area contributed by atoms with E-state index in [-0.39, 0.29) is 0 Å². The number of aromatic nitrogens is 3. The van der Waals surface area contributed by atoms with Crippen LogP contribution in [0.15, 0.2) is 61.2 Å². The fraction of sp³-hybridized carbons (Fsp3) is 0.0526.